The lowest BCUT2D eigenvalue weighted by Crippen LogP contribution is -2.30. The number of aromatic amines is 3. The summed E-state index contributed by atoms with van der Waals surface area (Å²) >= 11 is 3.59. The number of aromatic nitrogens is 4. The van der Waals surface area contributed by atoms with Gasteiger partial charge >= 0.3 is 0 Å². The first-order valence-electron chi connectivity index (χ1n) is 13.6. The molecule has 0 radical (unpaired) electrons. The Morgan fingerprint density at radius 1 is 0.925 bits per heavy atom. The van der Waals surface area contributed by atoms with Crippen molar-refractivity contribution in [3.05, 3.63) is 93.0 Å². The number of aryl methyl sites for hydroxylation is 1. The number of halogens is 1. The predicted octanol–water partition coefficient (Wildman–Crippen LogP) is 7.77. The van der Waals surface area contributed by atoms with E-state index in [4.69, 9.17) is 9.98 Å². The number of H-pyrrole nitrogens is 3. The second kappa shape index (κ2) is 8.80. The second-order valence-corrected chi connectivity index (χ2v) is 11.7. The number of fused-ring (bicyclic) bond motifs is 8. The van der Waals surface area contributed by atoms with E-state index in [1.165, 1.54) is 21.2 Å². The van der Waals surface area contributed by atoms with E-state index < -0.39 is 0 Å². The topological polar surface area (TPSA) is 72.6 Å². The Labute approximate surface area is 238 Å². The van der Waals surface area contributed by atoms with Gasteiger partial charge in [0.25, 0.3) is 0 Å². The van der Waals surface area contributed by atoms with E-state index >= 15 is 0 Å². The number of benzene rings is 4. The van der Waals surface area contributed by atoms with E-state index in [2.05, 4.69) is 111 Å². The fourth-order valence-corrected chi connectivity index (χ4v) is 6.56. The number of imidazole rings is 1. The third kappa shape index (κ3) is 3.59. The van der Waals surface area contributed by atoms with Crippen LogP contribution in [0.2, 0.25) is 0 Å². The highest BCUT2D eigenvalue weighted by atomic mass is 79.9. The van der Waals surface area contributed by atoms with Crippen LogP contribution in [0.15, 0.2) is 76.3 Å². The summed E-state index contributed by atoms with van der Waals surface area (Å²) in [6, 6.07) is 21.2. The Hall–Kier alpha value is -4.42. The van der Waals surface area contributed by atoms with Gasteiger partial charge in [-0.15, -0.1) is 0 Å². The second-order valence-electron chi connectivity index (χ2n) is 10.8. The van der Waals surface area contributed by atoms with Crippen molar-refractivity contribution in [3.63, 3.8) is 0 Å². The molecule has 0 aliphatic heterocycles. The molecule has 1 aliphatic rings. The van der Waals surface area contributed by atoms with Gasteiger partial charge in [0, 0.05) is 66.1 Å². The smallest absolute Gasteiger partial charge is 0.140 e. The molecule has 4 aromatic carbocycles. The molecule has 1 atom stereocenters. The monoisotopic (exact) mass is 583 g/mol. The van der Waals surface area contributed by atoms with Crippen LogP contribution in [0.25, 0.3) is 67.2 Å². The molecule has 0 amide bonds. The van der Waals surface area contributed by atoms with Crippen molar-refractivity contribution in [1.82, 2.24) is 19.9 Å². The lowest BCUT2D eigenvalue weighted by molar-refractivity contribution is 0.802. The van der Waals surface area contributed by atoms with Crippen LogP contribution in [0, 0.1) is 12.8 Å². The first kappa shape index (κ1) is 23.5. The molecule has 3 aromatic heterocycles. The van der Waals surface area contributed by atoms with Gasteiger partial charge in [-0.05, 0) is 66.3 Å². The molecule has 1 aliphatic carbocycles. The van der Waals surface area contributed by atoms with Crippen molar-refractivity contribution >= 4 is 83.6 Å². The minimum atomic E-state index is 0.491. The number of nitrogens with one attached hydrogen (secondary N) is 3. The third-order valence-corrected chi connectivity index (χ3v) is 8.61. The summed E-state index contributed by atoms with van der Waals surface area (Å²) in [7, 11) is 0. The van der Waals surface area contributed by atoms with Gasteiger partial charge in [0.15, 0.2) is 0 Å². The van der Waals surface area contributed by atoms with E-state index in [0.29, 0.717) is 5.92 Å². The van der Waals surface area contributed by atoms with Gasteiger partial charge in [-0.25, -0.2) is 4.98 Å². The van der Waals surface area contributed by atoms with Crippen LogP contribution in [0.1, 0.15) is 24.6 Å². The first-order chi connectivity index (χ1) is 19.5. The van der Waals surface area contributed by atoms with Crippen molar-refractivity contribution in [1.29, 1.82) is 0 Å². The van der Waals surface area contributed by atoms with Crippen LogP contribution in [0.3, 0.4) is 0 Å². The van der Waals surface area contributed by atoms with E-state index in [-0.39, 0.29) is 0 Å². The van der Waals surface area contributed by atoms with Crippen LogP contribution in [0.5, 0.6) is 0 Å². The summed E-state index contributed by atoms with van der Waals surface area (Å²) in [5, 5.41) is 7.18. The van der Waals surface area contributed by atoms with Gasteiger partial charge in [0.05, 0.1) is 16.7 Å². The molecule has 6 heteroatoms. The molecule has 3 heterocycles. The van der Waals surface area contributed by atoms with E-state index in [1.54, 1.807) is 0 Å². The van der Waals surface area contributed by atoms with E-state index in [9.17, 15) is 0 Å². The molecule has 8 rings (SSSR count). The normalized spacial score (nSPS) is 15.3. The largest absolute Gasteiger partial charge is 0.361 e. The van der Waals surface area contributed by atoms with Crippen molar-refractivity contribution in [2.75, 3.05) is 0 Å². The number of rotatable bonds is 3. The van der Waals surface area contributed by atoms with Gasteiger partial charge in [0.2, 0.25) is 0 Å². The van der Waals surface area contributed by atoms with Crippen LogP contribution in [0.4, 0.5) is 5.69 Å². The Morgan fingerprint density at radius 2 is 1.82 bits per heavy atom. The predicted molar refractivity (Wildman–Crippen MR) is 171 cm³/mol. The zero-order valence-electron chi connectivity index (χ0n) is 22.1. The number of para-hydroxylation sites is 1. The lowest BCUT2D eigenvalue weighted by atomic mass is 9.94. The minimum absolute atomic E-state index is 0.491. The van der Waals surface area contributed by atoms with Gasteiger partial charge < -0.3 is 15.0 Å². The van der Waals surface area contributed by atoms with Crippen LogP contribution < -0.4 is 10.4 Å². The zero-order chi connectivity index (χ0) is 27.0. The number of nitrogens with zero attached hydrogens (tertiary/aromatic N) is 2. The standard InChI is InChI=1S/C34H26BrN5/c1-18-7-10-24-27(13-18)23-11-9-22(36-16-20-17-37-29-12-8-21(35)14-26(20)29)15-28(23)33-32(24)39-34(40-33)31-19(2)38-30-6-4-3-5-25(30)31/h3-6,8-18,37-38H,7H2,1-2H3,(H,39,40). The highest BCUT2D eigenvalue weighted by Crippen LogP contribution is 2.33. The third-order valence-electron chi connectivity index (χ3n) is 8.12. The average molecular weight is 585 g/mol. The maximum absolute atomic E-state index is 5.25. The SMILES string of the molecule is Cc1[nH]c2ccccc2c1-c1nc2c([nH]1)c1c(c3ccc(N=Cc4c[nH]c5ccc(Br)cc45)cc32)=CC(C)CC=1. The number of hydrogen-bond donors (Lipinski definition) is 3. The maximum atomic E-state index is 5.25. The molecule has 0 saturated heterocycles. The molecular formula is C34H26BrN5. The van der Waals surface area contributed by atoms with E-state index in [0.717, 1.165) is 72.1 Å². The van der Waals surface area contributed by atoms with Gasteiger partial charge in [-0.1, -0.05) is 59.3 Å². The first-order valence-corrected chi connectivity index (χ1v) is 14.4. The van der Waals surface area contributed by atoms with Crippen molar-refractivity contribution < 1.29 is 0 Å². The highest BCUT2D eigenvalue weighted by Gasteiger charge is 2.18. The summed E-state index contributed by atoms with van der Waals surface area (Å²) < 4.78 is 1.05. The summed E-state index contributed by atoms with van der Waals surface area (Å²) in [6.07, 6.45) is 9.74. The van der Waals surface area contributed by atoms with Crippen molar-refractivity contribution in [2.24, 2.45) is 10.9 Å². The molecule has 3 N–H and O–H groups in total. The molecule has 5 nitrogen and oxygen atoms in total. The molecule has 40 heavy (non-hydrogen) atoms. The zero-order valence-corrected chi connectivity index (χ0v) is 23.7. The molecule has 0 fully saturated rings. The highest BCUT2D eigenvalue weighted by molar-refractivity contribution is 9.10. The molecule has 0 spiro atoms. The quantitative estimate of drug-likeness (QED) is 0.183. The Bertz CT molecular complexity index is 2300. The fraction of sp³-hybridized carbons (Fsp3) is 0.118. The number of hydrogen-bond acceptors (Lipinski definition) is 2. The minimum Gasteiger partial charge on any atom is -0.361 e. The molecule has 7 aromatic rings. The summed E-state index contributed by atoms with van der Waals surface area (Å²) in [5.41, 5.74) is 8.49. The van der Waals surface area contributed by atoms with Crippen LogP contribution >= 0.6 is 15.9 Å². The van der Waals surface area contributed by atoms with Crippen LogP contribution in [-0.2, 0) is 0 Å². The van der Waals surface area contributed by atoms with Crippen LogP contribution in [-0.4, -0.2) is 26.2 Å². The Balaban J connectivity index is 1.35. The molecule has 194 valence electrons. The molecule has 0 bridgehead atoms. The van der Waals surface area contributed by atoms with Gasteiger partial charge in [-0.3, -0.25) is 4.99 Å². The molecule has 0 saturated carbocycles. The fourth-order valence-electron chi connectivity index (χ4n) is 6.20. The summed E-state index contributed by atoms with van der Waals surface area (Å²) in [6.45, 7) is 4.40. The van der Waals surface area contributed by atoms with Gasteiger partial charge in [0.1, 0.15) is 5.82 Å². The van der Waals surface area contributed by atoms with Crippen molar-refractivity contribution in [3.8, 4) is 11.4 Å². The summed E-state index contributed by atoms with van der Waals surface area (Å²) in [4.78, 5) is 20.8. The molecule has 1 unspecified atom stereocenters. The van der Waals surface area contributed by atoms with Gasteiger partial charge in [-0.2, -0.15) is 0 Å². The average Bonchev–Trinajstić information content (AvgIpc) is 3.66. The van der Waals surface area contributed by atoms with Crippen molar-refractivity contribution in [2.45, 2.75) is 20.3 Å². The Kier molecular flexibility index (Phi) is 5.16. The Morgan fingerprint density at radius 3 is 2.75 bits per heavy atom. The number of aliphatic imine (C=N–C) groups is 1. The van der Waals surface area contributed by atoms with E-state index in [1.807, 2.05) is 18.5 Å². The maximum Gasteiger partial charge on any atom is 0.140 e. The summed E-state index contributed by atoms with van der Waals surface area (Å²) in [5.74, 6) is 1.38. The lowest BCUT2D eigenvalue weighted by Gasteiger charge is -2.11. The molecular weight excluding hydrogens is 558 g/mol.